The van der Waals surface area contributed by atoms with Crippen LogP contribution < -0.4 is 0 Å². The molecule has 0 heteroatoms. The Morgan fingerprint density at radius 3 is 2.41 bits per heavy atom. The Morgan fingerprint density at radius 1 is 1.18 bits per heavy atom. The zero-order chi connectivity index (χ0) is 12.6. The van der Waals surface area contributed by atoms with Gasteiger partial charge in [-0.25, -0.2) is 0 Å². The predicted octanol–water partition coefficient (Wildman–Crippen LogP) is 5.05. The summed E-state index contributed by atoms with van der Waals surface area (Å²) in [5, 5.41) is 0. The van der Waals surface area contributed by atoms with Crippen LogP contribution in [-0.4, -0.2) is 0 Å². The van der Waals surface area contributed by atoms with E-state index >= 15 is 0 Å². The molecule has 0 nitrogen and oxygen atoms in total. The van der Waals surface area contributed by atoms with Gasteiger partial charge in [0.1, 0.15) is 0 Å². The van der Waals surface area contributed by atoms with Crippen molar-refractivity contribution in [3.8, 4) is 0 Å². The molecule has 5 atom stereocenters. The van der Waals surface area contributed by atoms with Crippen molar-refractivity contribution in [2.75, 3.05) is 0 Å². The van der Waals surface area contributed by atoms with Crippen LogP contribution in [0.3, 0.4) is 0 Å². The van der Waals surface area contributed by atoms with Gasteiger partial charge in [0.2, 0.25) is 0 Å². The van der Waals surface area contributed by atoms with Gasteiger partial charge in [-0.3, -0.25) is 0 Å². The molecule has 0 aromatic rings. The van der Waals surface area contributed by atoms with Crippen LogP contribution in [0.5, 0.6) is 0 Å². The summed E-state index contributed by atoms with van der Waals surface area (Å²) in [7, 11) is 0. The Hall–Kier alpha value is -0.260. The highest BCUT2D eigenvalue weighted by molar-refractivity contribution is 5.35. The summed E-state index contributed by atoms with van der Waals surface area (Å²) >= 11 is 0. The van der Waals surface area contributed by atoms with Gasteiger partial charge in [0.25, 0.3) is 0 Å². The van der Waals surface area contributed by atoms with Gasteiger partial charge in [0.05, 0.1) is 0 Å². The first kappa shape index (κ1) is 11.8. The molecule has 0 saturated heterocycles. The molecule has 4 bridgehead atoms. The number of rotatable bonds is 1. The van der Waals surface area contributed by atoms with Gasteiger partial charge < -0.3 is 0 Å². The molecule has 4 aliphatic carbocycles. The van der Waals surface area contributed by atoms with E-state index in [1.807, 2.05) is 0 Å². The van der Waals surface area contributed by atoms with Gasteiger partial charge in [0, 0.05) is 0 Å². The third-order valence-corrected chi connectivity index (χ3v) is 7.59. The Labute approximate surface area is 107 Å². The lowest BCUT2D eigenvalue weighted by molar-refractivity contribution is -0.324. The fraction of sp³-hybridized carbons (Fsp3) is 0.882. The van der Waals surface area contributed by atoms with Gasteiger partial charge in [-0.05, 0) is 59.7 Å². The molecule has 4 aliphatic rings. The van der Waals surface area contributed by atoms with Gasteiger partial charge in [0.15, 0.2) is 0 Å². The van der Waals surface area contributed by atoms with Crippen molar-refractivity contribution in [1.29, 1.82) is 0 Å². The van der Waals surface area contributed by atoms with E-state index in [-0.39, 0.29) is 0 Å². The van der Waals surface area contributed by atoms with Crippen molar-refractivity contribution in [1.82, 2.24) is 0 Å². The van der Waals surface area contributed by atoms with E-state index in [4.69, 9.17) is 0 Å². The lowest BCUT2D eigenvalue weighted by Crippen LogP contribution is -2.77. The Bertz CT molecular complexity index is 379. The average molecular weight is 232 g/mol. The summed E-state index contributed by atoms with van der Waals surface area (Å²) in [6.07, 6.45) is 5.56. The molecule has 0 radical (unpaired) electrons. The van der Waals surface area contributed by atoms with Crippen molar-refractivity contribution in [3.63, 3.8) is 0 Å². The monoisotopic (exact) mass is 232 g/mol. The van der Waals surface area contributed by atoms with E-state index in [0.29, 0.717) is 16.2 Å². The molecule has 4 saturated carbocycles. The van der Waals surface area contributed by atoms with Crippen LogP contribution in [0.2, 0.25) is 0 Å². The van der Waals surface area contributed by atoms with Gasteiger partial charge in [-0.2, -0.15) is 0 Å². The lowest BCUT2D eigenvalue weighted by Gasteiger charge is -2.83. The second-order valence-electron chi connectivity index (χ2n) is 8.01. The maximum atomic E-state index is 4.43. The highest BCUT2D eigenvalue weighted by Gasteiger charge is 2.78. The predicted molar refractivity (Wildman–Crippen MR) is 73.7 cm³/mol. The Balaban J connectivity index is 2.11. The highest BCUT2D eigenvalue weighted by atomic mass is 14.8. The Kier molecular flexibility index (Phi) is 2.09. The number of hydrogen-bond donors (Lipinski definition) is 0. The third kappa shape index (κ3) is 0.956. The topological polar surface area (TPSA) is 0 Å². The number of allylic oxidation sites excluding steroid dienone is 1. The maximum absolute atomic E-state index is 4.43. The first-order valence-electron chi connectivity index (χ1n) is 7.47. The van der Waals surface area contributed by atoms with Crippen LogP contribution in [-0.2, 0) is 0 Å². The molecule has 0 amide bonds. The minimum atomic E-state index is 0.545. The fourth-order valence-corrected chi connectivity index (χ4v) is 6.65. The second-order valence-corrected chi connectivity index (χ2v) is 8.01. The van der Waals surface area contributed by atoms with Crippen LogP contribution in [0.4, 0.5) is 0 Å². The minimum Gasteiger partial charge on any atom is -0.0995 e. The van der Waals surface area contributed by atoms with E-state index in [1.54, 1.807) is 5.57 Å². The zero-order valence-electron chi connectivity index (χ0n) is 12.3. The van der Waals surface area contributed by atoms with E-state index < -0.39 is 0 Å². The van der Waals surface area contributed by atoms with Crippen LogP contribution in [0.1, 0.15) is 60.3 Å². The van der Waals surface area contributed by atoms with E-state index in [0.717, 1.165) is 17.8 Å². The summed E-state index contributed by atoms with van der Waals surface area (Å²) in [4.78, 5) is 0. The standard InChI is InChI=1S/C17H28/c1-11(2)13-8-9-15(4)14-12(3)7-10-16(15,5)17(13,14)6/h11,13-14H,3,7-10H2,1-2,4-6H3. The molecule has 0 aromatic carbocycles. The van der Waals surface area contributed by atoms with E-state index in [9.17, 15) is 0 Å². The molecular formula is C17H28. The molecule has 5 unspecified atom stereocenters. The molecule has 4 rings (SSSR count). The summed E-state index contributed by atoms with van der Waals surface area (Å²) in [6.45, 7) is 17.0. The van der Waals surface area contributed by atoms with Gasteiger partial charge >= 0.3 is 0 Å². The highest BCUT2D eigenvalue weighted by Crippen LogP contribution is 2.85. The fourth-order valence-electron chi connectivity index (χ4n) is 6.65. The molecule has 0 N–H and O–H groups in total. The Morgan fingerprint density at radius 2 is 1.82 bits per heavy atom. The smallest absolute Gasteiger partial charge is 0.00844 e. The van der Waals surface area contributed by atoms with Crippen molar-refractivity contribution in [3.05, 3.63) is 12.2 Å². The summed E-state index contributed by atoms with van der Waals surface area (Å²) in [5.74, 6) is 2.56. The van der Waals surface area contributed by atoms with Crippen molar-refractivity contribution >= 4 is 0 Å². The first-order chi connectivity index (χ1) is 7.79. The average Bonchev–Trinajstić information content (AvgIpc) is 2.22. The van der Waals surface area contributed by atoms with Crippen LogP contribution in [0.15, 0.2) is 12.2 Å². The van der Waals surface area contributed by atoms with Crippen molar-refractivity contribution in [2.24, 2.45) is 34.0 Å². The first-order valence-corrected chi connectivity index (χ1v) is 7.47. The zero-order valence-corrected chi connectivity index (χ0v) is 12.3. The number of fused-ring (bicyclic) bond motifs is 2. The van der Waals surface area contributed by atoms with Crippen molar-refractivity contribution in [2.45, 2.75) is 60.3 Å². The normalized spacial score (nSPS) is 56.9. The van der Waals surface area contributed by atoms with E-state index in [2.05, 4.69) is 41.2 Å². The molecule has 96 valence electrons. The van der Waals surface area contributed by atoms with Crippen LogP contribution >= 0.6 is 0 Å². The third-order valence-electron chi connectivity index (χ3n) is 7.59. The molecule has 0 aliphatic heterocycles. The largest absolute Gasteiger partial charge is 0.0995 e. The maximum Gasteiger partial charge on any atom is -0.00844 e. The minimum absolute atomic E-state index is 0.545. The molecular weight excluding hydrogens is 204 g/mol. The molecule has 0 aromatic heterocycles. The molecule has 17 heavy (non-hydrogen) atoms. The molecule has 0 spiro atoms. The molecule has 4 fully saturated rings. The summed E-state index contributed by atoms with van der Waals surface area (Å²) in [5.41, 5.74) is 3.27. The van der Waals surface area contributed by atoms with Crippen LogP contribution in [0, 0.1) is 34.0 Å². The SMILES string of the molecule is C=C1CCC2(C)C3(C)CCC(C(C)C)C2(C)C13. The lowest BCUT2D eigenvalue weighted by atomic mass is 9.21. The molecule has 0 heterocycles. The van der Waals surface area contributed by atoms with Gasteiger partial charge in [-0.1, -0.05) is 46.8 Å². The van der Waals surface area contributed by atoms with E-state index in [1.165, 1.54) is 25.7 Å². The van der Waals surface area contributed by atoms with Crippen molar-refractivity contribution < 1.29 is 0 Å². The van der Waals surface area contributed by atoms with Gasteiger partial charge in [-0.15, -0.1) is 0 Å². The summed E-state index contributed by atoms with van der Waals surface area (Å²) in [6, 6.07) is 0. The second kappa shape index (κ2) is 3.00. The number of hydrogen-bond acceptors (Lipinski definition) is 0. The summed E-state index contributed by atoms with van der Waals surface area (Å²) < 4.78 is 0. The quantitative estimate of drug-likeness (QED) is 0.555. The van der Waals surface area contributed by atoms with Crippen LogP contribution in [0.25, 0.3) is 0 Å².